The van der Waals surface area contributed by atoms with Gasteiger partial charge >= 0.3 is 0 Å². The molecular weight excluding hydrogens is 379 g/mol. The lowest BCUT2D eigenvalue weighted by atomic mass is 10.2. The van der Waals surface area contributed by atoms with Gasteiger partial charge in [-0.15, -0.1) is 10.2 Å². The average Bonchev–Trinajstić information content (AvgIpc) is 3.37. The van der Waals surface area contributed by atoms with Gasteiger partial charge in [-0.25, -0.2) is 9.07 Å². The van der Waals surface area contributed by atoms with Gasteiger partial charge in [0, 0.05) is 18.5 Å². The number of hydrogen-bond acceptors (Lipinski definition) is 5. The predicted octanol–water partition coefficient (Wildman–Crippen LogP) is 3.56. The van der Waals surface area contributed by atoms with Crippen molar-refractivity contribution in [1.82, 2.24) is 24.5 Å². The highest BCUT2D eigenvalue weighted by molar-refractivity contribution is 7.13. The number of nitrogens with zero attached hydrogens (tertiary/aromatic N) is 5. The Morgan fingerprint density at radius 3 is 2.81 bits per heavy atom. The molecule has 0 saturated carbocycles. The number of hydrogen-bond donors (Lipinski definition) is 1. The summed E-state index contributed by atoms with van der Waals surface area (Å²) in [5.41, 5.74) is 2.11. The summed E-state index contributed by atoms with van der Waals surface area (Å²) >= 11 is 7.41. The number of rotatable bonds is 4. The molecule has 130 valence electrons. The van der Waals surface area contributed by atoms with Crippen LogP contribution in [0.3, 0.4) is 0 Å². The molecular formula is C16H10ClFN6OS. The fraction of sp³-hybridized carbons (Fsp3) is 0. The van der Waals surface area contributed by atoms with Crippen molar-refractivity contribution < 1.29 is 9.18 Å². The standard InChI is InChI=1S/C16H10ClFN6OS/c17-12-4-3-10(18)7-13(12)24-15(23-5-1-2-6-23)11(8-20-24)14(25)21-16-22-19-9-26-16/h1-9H,(H,21,22,25). The molecule has 7 nitrogen and oxygen atoms in total. The van der Waals surface area contributed by atoms with Crippen molar-refractivity contribution in [3.8, 4) is 11.5 Å². The lowest BCUT2D eigenvalue weighted by Gasteiger charge is -2.12. The number of nitrogens with one attached hydrogen (secondary N) is 1. The fourth-order valence-corrected chi connectivity index (χ4v) is 3.08. The largest absolute Gasteiger partial charge is 0.308 e. The third-order valence-electron chi connectivity index (χ3n) is 3.55. The molecule has 0 atom stereocenters. The van der Waals surface area contributed by atoms with E-state index in [0.29, 0.717) is 21.7 Å². The van der Waals surface area contributed by atoms with Crippen LogP contribution in [-0.2, 0) is 0 Å². The minimum absolute atomic E-state index is 0.275. The van der Waals surface area contributed by atoms with Gasteiger partial charge in [-0.2, -0.15) is 5.10 Å². The summed E-state index contributed by atoms with van der Waals surface area (Å²) < 4.78 is 16.8. The van der Waals surface area contributed by atoms with Gasteiger partial charge in [0.2, 0.25) is 5.13 Å². The highest BCUT2D eigenvalue weighted by Crippen LogP contribution is 2.26. The molecule has 3 aromatic heterocycles. The summed E-state index contributed by atoms with van der Waals surface area (Å²) in [4.78, 5) is 12.7. The molecule has 3 heterocycles. The lowest BCUT2D eigenvalue weighted by molar-refractivity contribution is 0.102. The zero-order valence-corrected chi connectivity index (χ0v) is 14.6. The van der Waals surface area contributed by atoms with Gasteiger partial charge in [0.25, 0.3) is 5.91 Å². The number of aromatic nitrogens is 5. The third-order valence-corrected chi connectivity index (χ3v) is 4.48. The number of carbonyl (C=O) groups is 1. The highest BCUT2D eigenvalue weighted by atomic mass is 35.5. The second-order valence-electron chi connectivity index (χ2n) is 5.18. The first-order valence-corrected chi connectivity index (χ1v) is 8.63. The van der Waals surface area contributed by atoms with E-state index in [1.807, 2.05) is 0 Å². The maximum atomic E-state index is 13.7. The van der Waals surface area contributed by atoms with Gasteiger partial charge in [-0.05, 0) is 24.3 Å². The molecule has 0 unspecified atom stereocenters. The summed E-state index contributed by atoms with van der Waals surface area (Å²) in [6.07, 6.45) is 4.90. The number of anilines is 1. The first-order valence-electron chi connectivity index (χ1n) is 7.38. The van der Waals surface area contributed by atoms with Crippen LogP contribution in [0.15, 0.2) is 54.4 Å². The number of amides is 1. The van der Waals surface area contributed by atoms with Crippen LogP contribution in [0.5, 0.6) is 0 Å². The molecule has 1 aromatic carbocycles. The van der Waals surface area contributed by atoms with Crippen molar-refractivity contribution >= 4 is 34.0 Å². The lowest BCUT2D eigenvalue weighted by Crippen LogP contribution is -2.15. The molecule has 4 rings (SSSR count). The van der Waals surface area contributed by atoms with E-state index in [1.165, 1.54) is 45.9 Å². The maximum Gasteiger partial charge on any atom is 0.262 e. The van der Waals surface area contributed by atoms with Gasteiger partial charge in [-0.1, -0.05) is 22.9 Å². The van der Waals surface area contributed by atoms with Crippen molar-refractivity contribution in [2.45, 2.75) is 0 Å². The molecule has 0 fully saturated rings. The van der Waals surface area contributed by atoms with E-state index in [0.717, 1.165) is 0 Å². The topological polar surface area (TPSA) is 77.6 Å². The normalized spacial score (nSPS) is 10.8. The van der Waals surface area contributed by atoms with Crippen LogP contribution in [0.1, 0.15) is 10.4 Å². The Hall–Kier alpha value is -3.04. The Balaban J connectivity index is 1.85. The molecule has 26 heavy (non-hydrogen) atoms. The van der Waals surface area contributed by atoms with E-state index in [4.69, 9.17) is 11.6 Å². The molecule has 0 saturated heterocycles. The van der Waals surface area contributed by atoms with Crippen LogP contribution < -0.4 is 5.32 Å². The maximum absolute atomic E-state index is 13.7. The fourth-order valence-electron chi connectivity index (χ4n) is 2.44. The van der Waals surface area contributed by atoms with Gasteiger partial charge < -0.3 is 4.57 Å². The summed E-state index contributed by atoms with van der Waals surface area (Å²) in [6, 6.07) is 7.56. The molecule has 0 spiro atoms. The Kier molecular flexibility index (Phi) is 4.23. The van der Waals surface area contributed by atoms with E-state index in [-0.39, 0.29) is 5.56 Å². The molecule has 1 amide bonds. The molecule has 0 radical (unpaired) electrons. The molecule has 0 bridgehead atoms. The minimum atomic E-state index is -0.460. The molecule has 1 N–H and O–H groups in total. The molecule has 0 aliphatic rings. The predicted molar refractivity (Wildman–Crippen MR) is 95.7 cm³/mol. The molecule has 10 heteroatoms. The number of benzene rings is 1. The van der Waals surface area contributed by atoms with E-state index < -0.39 is 11.7 Å². The Morgan fingerprint density at radius 2 is 2.08 bits per heavy atom. The van der Waals surface area contributed by atoms with Crippen molar-refractivity contribution in [1.29, 1.82) is 0 Å². The quantitative estimate of drug-likeness (QED) is 0.580. The summed E-state index contributed by atoms with van der Waals surface area (Å²) in [5, 5.41) is 15.1. The van der Waals surface area contributed by atoms with Crippen molar-refractivity contribution in [3.63, 3.8) is 0 Å². The SMILES string of the molecule is O=C(Nc1nncs1)c1cnn(-c2cc(F)ccc2Cl)c1-n1cccc1. The van der Waals surface area contributed by atoms with Crippen molar-refractivity contribution in [3.05, 3.63) is 70.8 Å². The van der Waals surface area contributed by atoms with Crippen molar-refractivity contribution in [2.75, 3.05) is 5.32 Å². The zero-order chi connectivity index (χ0) is 18.1. The van der Waals surface area contributed by atoms with E-state index in [1.54, 1.807) is 29.1 Å². The zero-order valence-electron chi connectivity index (χ0n) is 13.0. The average molecular weight is 389 g/mol. The first-order chi connectivity index (χ1) is 12.6. The monoisotopic (exact) mass is 388 g/mol. The van der Waals surface area contributed by atoms with Crippen LogP contribution >= 0.6 is 22.9 Å². The van der Waals surface area contributed by atoms with Gasteiger partial charge in [0.1, 0.15) is 16.9 Å². The smallest absolute Gasteiger partial charge is 0.262 e. The van der Waals surface area contributed by atoms with Crippen LogP contribution in [0, 0.1) is 5.82 Å². The second kappa shape index (κ2) is 6.70. The number of carbonyl (C=O) groups excluding carboxylic acids is 1. The van der Waals surface area contributed by atoms with E-state index in [9.17, 15) is 9.18 Å². The summed E-state index contributed by atoms with van der Waals surface area (Å²) in [5.74, 6) is -0.452. The molecule has 0 aliphatic heterocycles. The first kappa shape index (κ1) is 16.4. The molecule has 0 aliphatic carbocycles. The second-order valence-corrected chi connectivity index (χ2v) is 6.42. The Bertz CT molecular complexity index is 1060. The van der Waals surface area contributed by atoms with E-state index in [2.05, 4.69) is 20.6 Å². The summed E-state index contributed by atoms with van der Waals surface area (Å²) in [7, 11) is 0. The van der Waals surface area contributed by atoms with Gasteiger partial charge in [-0.3, -0.25) is 10.1 Å². The van der Waals surface area contributed by atoms with Crippen LogP contribution in [0.2, 0.25) is 5.02 Å². The minimum Gasteiger partial charge on any atom is -0.308 e. The summed E-state index contributed by atoms with van der Waals surface area (Å²) in [6.45, 7) is 0. The van der Waals surface area contributed by atoms with Gasteiger partial charge in [0.15, 0.2) is 5.82 Å². The van der Waals surface area contributed by atoms with Crippen LogP contribution in [-0.4, -0.2) is 30.5 Å². The Morgan fingerprint density at radius 1 is 1.27 bits per heavy atom. The van der Waals surface area contributed by atoms with E-state index >= 15 is 0 Å². The third kappa shape index (κ3) is 2.98. The van der Waals surface area contributed by atoms with Crippen molar-refractivity contribution in [2.24, 2.45) is 0 Å². The van der Waals surface area contributed by atoms with Crippen LogP contribution in [0.4, 0.5) is 9.52 Å². The van der Waals surface area contributed by atoms with Gasteiger partial charge in [0.05, 0.1) is 16.9 Å². The van der Waals surface area contributed by atoms with Crippen LogP contribution in [0.25, 0.3) is 11.5 Å². The Labute approximate surface area is 155 Å². The highest BCUT2D eigenvalue weighted by Gasteiger charge is 2.22. The number of halogens is 2. The molecule has 4 aromatic rings.